The van der Waals surface area contributed by atoms with E-state index in [0.29, 0.717) is 34.2 Å². The van der Waals surface area contributed by atoms with Crippen LogP contribution in [0.5, 0.6) is 5.75 Å². The molecule has 1 unspecified atom stereocenters. The molecule has 0 bridgehead atoms. The molecule has 1 atom stereocenters. The van der Waals surface area contributed by atoms with E-state index in [9.17, 15) is 14.4 Å². The summed E-state index contributed by atoms with van der Waals surface area (Å²) in [7, 11) is 1.59. The number of anilines is 1. The molecule has 0 N–H and O–H groups in total. The molecule has 0 saturated carbocycles. The molecule has 2 aliphatic heterocycles. The Bertz CT molecular complexity index is 1340. The third-order valence-corrected chi connectivity index (χ3v) is 6.35. The van der Waals surface area contributed by atoms with Crippen molar-refractivity contribution in [1.82, 2.24) is 5.01 Å². The number of hydrazone groups is 1. The highest BCUT2D eigenvalue weighted by molar-refractivity contribution is 6.52. The minimum absolute atomic E-state index is 0.298. The number of hydrogen-bond acceptors (Lipinski definition) is 5. The number of nitrogens with zero attached hydrogens (tertiary/aromatic N) is 3. The number of carbonyl (C=O) groups excluding carboxylic acids is 3. The summed E-state index contributed by atoms with van der Waals surface area (Å²) in [5, 5.41) is 6.55. The van der Waals surface area contributed by atoms with Gasteiger partial charge in [0.05, 0.1) is 30.1 Å². The summed E-state index contributed by atoms with van der Waals surface area (Å²) >= 11 is 6.40. The van der Waals surface area contributed by atoms with E-state index in [-0.39, 0.29) is 6.54 Å². The highest BCUT2D eigenvalue weighted by atomic mass is 35.5. The Labute approximate surface area is 201 Å². The maximum absolute atomic E-state index is 13.5. The van der Waals surface area contributed by atoms with Gasteiger partial charge in [0.25, 0.3) is 17.6 Å². The summed E-state index contributed by atoms with van der Waals surface area (Å²) in [6.07, 6.45) is 0.450. The van der Waals surface area contributed by atoms with Gasteiger partial charge in [0, 0.05) is 17.0 Å². The zero-order chi connectivity index (χ0) is 23.8. The number of ketones is 1. The average Bonchev–Trinajstić information content (AvgIpc) is 3.41. The second kappa shape index (κ2) is 8.76. The first-order valence-corrected chi connectivity index (χ1v) is 11.1. The van der Waals surface area contributed by atoms with Gasteiger partial charge < -0.3 is 4.74 Å². The summed E-state index contributed by atoms with van der Waals surface area (Å²) in [5.74, 6) is -1.03. The van der Waals surface area contributed by atoms with Gasteiger partial charge in [-0.3, -0.25) is 19.3 Å². The first-order chi connectivity index (χ1) is 16.5. The highest BCUT2D eigenvalue weighted by Gasteiger charge is 2.40. The Kier molecular flexibility index (Phi) is 5.63. The Hall–Kier alpha value is -3.97. The summed E-state index contributed by atoms with van der Waals surface area (Å²) < 4.78 is 5.25. The van der Waals surface area contributed by atoms with E-state index >= 15 is 0 Å². The van der Waals surface area contributed by atoms with Gasteiger partial charge in [0.2, 0.25) is 0 Å². The highest BCUT2D eigenvalue weighted by Crippen LogP contribution is 2.36. The monoisotopic (exact) mass is 473 g/mol. The summed E-state index contributed by atoms with van der Waals surface area (Å²) in [6.45, 7) is -0.298. The van der Waals surface area contributed by atoms with Crippen LogP contribution in [-0.2, 0) is 9.59 Å². The molecule has 3 aromatic carbocycles. The van der Waals surface area contributed by atoms with Crippen LogP contribution in [0.25, 0.3) is 0 Å². The van der Waals surface area contributed by atoms with Crippen LogP contribution in [0.3, 0.4) is 0 Å². The van der Waals surface area contributed by atoms with Gasteiger partial charge in [-0.2, -0.15) is 5.10 Å². The normalized spacial score (nSPS) is 17.1. The van der Waals surface area contributed by atoms with Gasteiger partial charge in [-0.05, 0) is 35.9 Å². The minimum atomic E-state index is -0.718. The third kappa shape index (κ3) is 3.74. The SMILES string of the molecule is COc1ccc(C2CC(c3ccccc3Cl)=NN2C(=O)CN2C(=O)C(=O)c3ccccc32)cc1. The van der Waals surface area contributed by atoms with Crippen LogP contribution in [0.2, 0.25) is 5.02 Å². The maximum Gasteiger partial charge on any atom is 0.299 e. The molecule has 7 nitrogen and oxygen atoms in total. The van der Waals surface area contributed by atoms with Gasteiger partial charge in [-0.1, -0.05) is 54.1 Å². The van der Waals surface area contributed by atoms with Crippen LogP contribution < -0.4 is 9.64 Å². The van der Waals surface area contributed by atoms with Crippen LogP contribution in [-0.4, -0.2) is 42.0 Å². The second-order valence-corrected chi connectivity index (χ2v) is 8.40. The van der Waals surface area contributed by atoms with Crippen LogP contribution in [0.15, 0.2) is 77.9 Å². The number of para-hydroxylation sites is 1. The summed E-state index contributed by atoms with van der Waals surface area (Å²) in [5.41, 5.74) is 3.01. The molecule has 3 aromatic rings. The fourth-order valence-electron chi connectivity index (χ4n) is 4.30. The number of Topliss-reactive ketones (excluding diaryl/α,β-unsaturated/α-hetero) is 1. The van der Waals surface area contributed by atoms with E-state index in [0.717, 1.165) is 11.1 Å². The van der Waals surface area contributed by atoms with Crippen molar-refractivity contribution in [2.45, 2.75) is 12.5 Å². The number of methoxy groups -OCH3 is 1. The molecule has 5 rings (SSSR count). The standard InChI is InChI=1S/C26H20ClN3O4/c1-34-17-12-10-16(11-13-17)23-14-21(18-6-2-4-8-20(18)27)28-30(23)24(31)15-29-22-9-5-3-7-19(22)25(32)26(29)33/h2-13,23H,14-15H2,1H3. The lowest BCUT2D eigenvalue weighted by molar-refractivity contribution is -0.132. The van der Waals surface area contributed by atoms with Crippen LogP contribution in [0.4, 0.5) is 5.69 Å². The van der Waals surface area contributed by atoms with Gasteiger partial charge >= 0.3 is 0 Å². The van der Waals surface area contributed by atoms with Crippen molar-refractivity contribution in [3.8, 4) is 5.75 Å². The number of hydrogen-bond donors (Lipinski definition) is 0. The molecule has 2 aliphatic rings. The number of carbonyl (C=O) groups is 3. The lowest BCUT2D eigenvalue weighted by Crippen LogP contribution is -2.40. The Balaban J connectivity index is 1.49. The molecule has 0 radical (unpaired) electrons. The first kappa shape index (κ1) is 21.9. The van der Waals surface area contributed by atoms with E-state index in [1.807, 2.05) is 42.5 Å². The largest absolute Gasteiger partial charge is 0.497 e. The van der Waals surface area contributed by atoms with Crippen LogP contribution >= 0.6 is 11.6 Å². The van der Waals surface area contributed by atoms with Crippen molar-refractivity contribution in [1.29, 1.82) is 0 Å². The van der Waals surface area contributed by atoms with E-state index in [2.05, 4.69) is 5.10 Å². The molecule has 0 saturated heterocycles. The molecule has 0 aromatic heterocycles. The van der Waals surface area contributed by atoms with Crippen molar-refractivity contribution < 1.29 is 19.1 Å². The van der Waals surface area contributed by atoms with E-state index < -0.39 is 23.6 Å². The first-order valence-electron chi connectivity index (χ1n) is 10.7. The van der Waals surface area contributed by atoms with Crippen LogP contribution in [0, 0.1) is 0 Å². The Morgan fingerprint density at radius 2 is 1.68 bits per heavy atom. The fraction of sp³-hybridized carbons (Fsp3) is 0.154. The van der Waals surface area contributed by atoms with Crippen molar-refractivity contribution in [2.75, 3.05) is 18.6 Å². The van der Waals surface area contributed by atoms with Crippen molar-refractivity contribution in [2.24, 2.45) is 5.10 Å². The predicted octanol–water partition coefficient (Wildman–Crippen LogP) is 4.26. The van der Waals surface area contributed by atoms with Crippen LogP contribution in [0.1, 0.15) is 33.9 Å². The molecule has 34 heavy (non-hydrogen) atoms. The van der Waals surface area contributed by atoms with Gasteiger partial charge in [0.15, 0.2) is 0 Å². The Morgan fingerprint density at radius 3 is 2.38 bits per heavy atom. The van der Waals surface area contributed by atoms with Crippen molar-refractivity contribution in [3.05, 3.63) is 94.5 Å². The average molecular weight is 474 g/mol. The number of rotatable bonds is 5. The van der Waals surface area contributed by atoms with Gasteiger partial charge in [0.1, 0.15) is 12.3 Å². The minimum Gasteiger partial charge on any atom is -0.497 e. The number of amides is 2. The molecule has 0 aliphatic carbocycles. The molecule has 2 amide bonds. The van der Waals surface area contributed by atoms with E-state index in [4.69, 9.17) is 16.3 Å². The maximum atomic E-state index is 13.5. The smallest absolute Gasteiger partial charge is 0.299 e. The number of halogens is 1. The quantitative estimate of drug-likeness (QED) is 0.519. The molecule has 2 heterocycles. The van der Waals surface area contributed by atoms with Crippen molar-refractivity contribution in [3.63, 3.8) is 0 Å². The van der Waals surface area contributed by atoms with Crippen molar-refractivity contribution >= 4 is 40.6 Å². The third-order valence-electron chi connectivity index (χ3n) is 6.02. The van der Waals surface area contributed by atoms with E-state index in [1.165, 1.54) is 9.91 Å². The molecular weight excluding hydrogens is 454 g/mol. The molecular formula is C26H20ClN3O4. The zero-order valence-corrected chi connectivity index (χ0v) is 19.0. The molecule has 0 fully saturated rings. The fourth-order valence-corrected chi connectivity index (χ4v) is 4.54. The number of benzene rings is 3. The molecule has 8 heteroatoms. The zero-order valence-electron chi connectivity index (χ0n) is 18.3. The van der Waals surface area contributed by atoms with E-state index in [1.54, 1.807) is 37.4 Å². The van der Waals surface area contributed by atoms with Gasteiger partial charge in [-0.15, -0.1) is 0 Å². The molecule has 0 spiro atoms. The summed E-state index contributed by atoms with van der Waals surface area (Å²) in [6, 6.07) is 21.0. The summed E-state index contributed by atoms with van der Waals surface area (Å²) in [4.78, 5) is 39.7. The topological polar surface area (TPSA) is 79.3 Å². The molecule has 170 valence electrons. The lowest BCUT2D eigenvalue weighted by atomic mass is 9.98. The van der Waals surface area contributed by atoms with Gasteiger partial charge in [-0.25, -0.2) is 5.01 Å². The lowest BCUT2D eigenvalue weighted by Gasteiger charge is -2.25. The number of ether oxygens (including phenoxy) is 1. The Morgan fingerprint density at radius 1 is 1.00 bits per heavy atom. The number of fused-ring (bicyclic) bond motifs is 1. The second-order valence-electron chi connectivity index (χ2n) is 8.00. The predicted molar refractivity (Wildman–Crippen MR) is 128 cm³/mol.